The zero-order valence-corrected chi connectivity index (χ0v) is 12.8. The fourth-order valence-electron chi connectivity index (χ4n) is 1.78. The minimum Gasteiger partial charge on any atom is -0.324 e. The third-order valence-electron chi connectivity index (χ3n) is 2.79. The molecule has 7 heteroatoms. The van der Waals surface area contributed by atoms with E-state index in [2.05, 4.69) is 14.7 Å². The van der Waals surface area contributed by atoms with E-state index in [4.69, 9.17) is 23.2 Å². The molecule has 0 saturated heterocycles. The average molecular weight is 325 g/mol. The van der Waals surface area contributed by atoms with Crippen LogP contribution in [0.25, 0.3) is 0 Å². The van der Waals surface area contributed by atoms with Crippen molar-refractivity contribution in [1.29, 1.82) is 0 Å². The summed E-state index contributed by atoms with van der Waals surface area (Å²) in [5.74, 6) is 1.48. The van der Waals surface area contributed by atoms with E-state index in [1.165, 1.54) is 11.9 Å². The quantitative estimate of drug-likeness (QED) is 0.793. The Kier molecular flexibility index (Phi) is 3.74. The van der Waals surface area contributed by atoms with Crippen LogP contribution in [0.4, 0.5) is 11.5 Å². The number of hydrogen-bond acceptors (Lipinski definition) is 5. The standard InChI is InChI=1S/C13H10Cl2N4S/c1-19(11-4-2-3-5-16-11)13-17-10-7-8(14)6-9(15)12(10)20-18-13/h2-7H,1H3,(H,17,18). The number of aromatic nitrogens is 1. The molecule has 0 fully saturated rings. The van der Waals surface area contributed by atoms with Gasteiger partial charge in [-0.05, 0) is 24.3 Å². The van der Waals surface area contributed by atoms with Gasteiger partial charge in [0.15, 0.2) is 0 Å². The van der Waals surface area contributed by atoms with Gasteiger partial charge in [0.05, 0.1) is 15.6 Å². The molecule has 1 aromatic carbocycles. The van der Waals surface area contributed by atoms with Gasteiger partial charge in [-0.3, -0.25) is 4.90 Å². The first-order valence-electron chi connectivity index (χ1n) is 5.81. The second-order valence-electron chi connectivity index (χ2n) is 4.14. The first-order chi connectivity index (χ1) is 9.65. The molecule has 1 aromatic heterocycles. The monoisotopic (exact) mass is 324 g/mol. The zero-order chi connectivity index (χ0) is 14.1. The molecule has 1 aliphatic rings. The van der Waals surface area contributed by atoms with Crippen LogP contribution < -0.4 is 10.2 Å². The molecule has 0 saturated carbocycles. The number of guanidine groups is 1. The van der Waals surface area contributed by atoms with Crippen LogP contribution in [0.2, 0.25) is 10.0 Å². The van der Waals surface area contributed by atoms with Gasteiger partial charge in [0.25, 0.3) is 0 Å². The minimum atomic E-state index is 0.587. The van der Waals surface area contributed by atoms with Crippen molar-refractivity contribution in [2.24, 2.45) is 4.40 Å². The molecule has 0 bridgehead atoms. The molecule has 1 N–H and O–H groups in total. The Hall–Kier alpha value is -1.43. The third kappa shape index (κ3) is 2.57. The highest BCUT2D eigenvalue weighted by Crippen LogP contribution is 2.40. The molecule has 0 unspecified atom stereocenters. The predicted octanol–water partition coefficient (Wildman–Crippen LogP) is 4.31. The number of hydrogen-bond donors (Lipinski definition) is 1. The van der Waals surface area contributed by atoms with E-state index < -0.39 is 0 Å². The summed E-state index contributed by atoms with van der Waals surface area (Å²) in [5, 5.41) is 4.40. The van der Waals surface area contributed by atoms with Crippen molar-refractivity contribution in [3.63, 3.8) is 0 Å². The van der Waals surface area contributed by atoms with E-state index in [0.717, 1.165) is 16.4 Å². The molecule has 1 aliphatic heterocycles. The Morgan fingerprint density at radius 2 is 2.10 bits per heavy atom. The summed E-state index contributed by atoms with van der Waals surface area (Å²) < 4.78 is 4.42. The second kappa shape index (κ2) is 5.52. The maximum absolute atomic E-state index is 6.15. The van der Waals surface area contributed by atoms with Crippen molar-refractivity contribution in [1.82, 2.24) is 4.98 Å². The van der Waals surface area contributed by atoms with Gasteiger partial charge in [-0.25, -0.2) is 4.98 Å². The number of nitrogens with one attached hydrogen (secondary N) is 1. The van der Waals surface area contributed by atoms with Crippen LogP contribution in [0.5, 0.6) is 0 Å². The van der Waals surface area contributed by atoms with E-state index in [1.807, 2.05) is 36.2 Å². The van der Waals surface area contributed by atoms with Gasteiger partial charge in [0.1, 0.15) is 5.82 Å². The predicted molar refractivity (Wildman–Crippen MR) is 86.0 cm³/mol. The highest BCUT2D eigenvalue weighted by atomic mass is 35.5. The first-order valence-corrected chi connectivity index (χ1v) is 7.34. The van der Waals surface area contributed by atoms with Gasteiger partial charge < -0.3 is 5.32 Å². The molecular formula is C13H10Cl2N4S. The topological polar surface area (TPSA) is 40.5 Å². The Morgan fingerprint density at radius 3 is 2.85 bits per heavy atom. The summed E-state index contributed by atoms with van der Waals surface area (Å²) in [6.45, 7) is 0. The van der Waals surface area contributed by atoms with Crippen molar-refractivity contribution in [2.75, 3.05) is 17.3 Å². The van der Waals surface area contributed by atoms with Gasteiger partial charge in [0.2, 0.25) is 5.96 Å². The van der Waals surface area contributed by atoms with E-state index in [1.54, 1.807) is 12.3 Å². The van der Waals surface area contributed by atoms with E-state index in [0.29, 0.717) is 16.0 Å². The average Bonchev–Trinajstić information content (AvgIpc) is 2.46. The van der Waals surface area contributed by atoms with Crippen molar-refractivity contribution < 1.29 is 0 Å². The molecule has 0 radical (unpaired) electrons. The Bertz CT molecular complexity index is 676. The molecule has 20 heavy (non-hydrogen) atoms. The lowest BCUT2D eigenvalue weighted by Gasteiger charge is -2.25. The van der Waals surface area contributed by atoms with Gasteiger partial charge >= 0.3 is 0 Å². The summed E-state index contributed by atoms with van der Waals surface area (Å²) in [6, 6.07) is 9.25. The van der Waals surface area contributed by atoms with Crippen LogP contribution in [0.15, 0.2) is 45.8 Å². The Balaban J connectivity index is 1.90. The lowest BCUT2D eigenvalue weighted by atomic mass is 10.3. The first kappa shape index (κ1) is 13.5. The SMILES string of the molecule is CN(C1=NSc2c(Cl)cc(Cl)cc2N1)c1ccccn1. The molecule has 4 nitrogen and oxygen atoms in total. The van der Waals surface area contributed by atoms with Gasteiger partial charge in [-0.1, -0.05) is 29.3 Å². The van der Waals surface area contributed by atoms with Crippen LogP contribution in [-0.4, -0.2) is 18.0 Å². The number of pyridine rings is 1. The van der Waals surface area contributed by atoms with E-state index >= 15 is 0 Å². The number of anilines is 2. The highest BCUT2D eigenvalue weighted by molar-refractivity contribution is 7.98. The molecule has 3 rings (SSSR count). The van der Waals surface area contributed by atoms with Crippen molar-refractivity contribution >= 4 is 52.6 Å². The summed E-state index contributed by atoms with van der Waals surface area (Å²) in [5.41, 5.74) is 0.847. The molecule has 2 heterocycles. The van der Waals surface area contributed by atoms with Gasteiger partial charge in [-0.15, -0.1) is 0 Å². The number of nitrogens with zero attached hydrogens (tertiary/aromatic N) is 3. The number of rotatable bonds is 1. The van der Waals surface area contributed by atoms with Crippen molar-refractivity contribution in [2.45, 2.75) is 4.90 Å². The molecule has 2 aromatic rings. The molecule has 0 aliphatic carbocycles. The van der Waals surface area contributed by atoms with E-state index in [-0.39, 0.29) is 0 Å². The third-order valence-corrected chi connectivity index (χ3v) is 4.30. The number of halogens is 2. The molecule has 0 amide bonds. The highest BCUT2D eigenvalue weighted by Gasteiger charge is 2.20. The maximum Gasteiger partial charge on any atom is 0.215 e. The molecule has 0 spiro atoms. The molecular weight excluding hydrogens is 315 g/mol. The van der Waals surface area contributed by atoms with Gasteiger partial charge in [0, 0.05) is 30.2 Å². The smallest absolute Gasteiger partial charge is 0.215 e. The summed E-state index contributed by atoms with van der Waals surface area (Å²) in [4.78, 5) is 7.02. The fourth-order valence-corrected chi connectivity index (χ4v) is 3.08. The Morgan fingerprint density at radius 1 is 1.25 bits per heavy atom. The molecule has 102 valence electrons. The van der Waals surface area contributed by atoms with Crippen LogP contribution in [0.1, 0.15) is 0 Å². The van der Waals surface area contributed by atoms with Gasteiger partial charge in [-0.2, -0.15) is 4.40 Å². The van der Waals surface area contributed by atoms with Crippen molar-refractivity contribution in [3.8, 4) is 0 Å². The largest absolute Gasteiger partial charge is 0.324 e. The van der Waals surface area contributed by atoms with Crippen LogP contribution in [0.3, 0.4) is 0 Å². The number of benzene rings is 1. The van der Waals surface area contributed by atoms with Crippen LogP contribution in [0, 0.1) is 0 Å². The summed E-state index contributed by atoms with van der Waals surface area (Å²) >= 11 is 13.5. The normalized spacial score (nSPS) is 13.2. The Labute approximate surface area is 131 Å². The summed E-state index contributed by atoms with van der Waals surface area (Å²) in [7, 11) is 1.89. The lowest BCUT2D eigenvalue weighted by molar-refractivity contribution is 1.15. The van der Waals surface area contributed by atoms with Crippen LogP contribution >= 0.6 is 35.1 Å². The van der Waals surface area contributed by atoms with Crippen molar-refractivity contribution in [3.05, 3.63) is 46.6 Å². The zero-order valence-electron chi connectivity index (χ0n) is 10.5. The minimum absolute atomic E-state index is 0.587. The maximum atomic E-state index is 6.15. The van der Waals surface area contributed by atoms with E-state index in [9.17, 15) is 0 Å². The summed E-state index contributed by atoms with van der Waals surface area (Å²) in [6.07, 6.45) is 1.74. The fraction of sp³-hybridized carbons (Fsp3) is 0.0769. The second-order valence-corrected chi connectivity index (χ2v) is 5.76. The molecule has 0 atom stereocenters. The number of fused-ring (bicyclic) bond motifs is 1. The van der Waals surface area contributed by atoms with Crippen LogP contribution in [-0.2, 0) is 0 Å². The lowest BCUT2D eigenvalue weighted by Crippen LogP contribution is -2.34.